The van der Waals surface area contributed by atoms with Crippen molar-refractivity contribution in [3.05, 3.63) is 58.0 Å². The summed E-state index contributed by atoms with van der Waals surface area (Å²) in [7, 11) is 0. The van der Waals surface area contributed by atoms with Gasteiger partial charge >= 0.3 is 0 Å². The van der Waals surface area contributed by atoms with E-state index in [1.54, 1.807) is 37.3 Å². The number of rotatable bonds is 3. The molecule has 0 radical (unpaired) electrons. The van der Waals surface area contributed by atoms with E-state index in [1.807, 2.05) is 0 Å². The van der Waals surface area contributed by atoms with Crippen molar-refractivity contribution in [3.8, 4) is 11.3 Å². The lowest BCUT2D eigenvalue weighted by Crippen LogP contribution is -2.10. The lowest BCUT2D eigenvalue weighted by Gasteiger charge is -2.03. The van der Waals surface area contributed by atoms with Crippen LogP contribution in [0.5, 0.6) is 0 Å². The van der Waals surface area contributed by atoms with Gasteiger partial charge in [0.1, 0.15) is 11.5 Å². The van der Waals surface area contributed by atoms with E-state index < -0.39 is 5.91 Å². The molecule has 7 heteroatoms. The summed E-state index contributed by atoms with van der Waals surface area (Å²) in [4.78, 5) is 12.1. The molecule has 0 saturated carbocycles. The van der Waals surface area contributed by atoms with Gasteiger partial charge in [-0.1, -0.05) is 34.4 Å². The van der Waals surface area contributed by atoms with Gasteiger partial charge in [-0.3, -0.25) is 4.79 Å². The number of halogens is 2. The van der Waals surface area contributed by atoms with E-state index in [4.69, 9.17) is 32.1 Å². The number of anilines is 1. The Labute approximate surface area is 135 Å². The van der Waals surface area contributed by atoms with Gasteiger partial charge in [0, 0.05) is 6.07 Å². The number of aromatic nitrogens is 1. The molecule has 0 aliphatic rings. The maximum atomic E-state index is 12.1. The van der Waals surface area contributed by atoms with Gasteiger partial charge in [0.2, 0.25) is 0 Å². The van der Waals surface area contributed by atoms with Crippen molar-refractivity contribution in [2.45, 2.75) is 6.92 Å². The van der Waals surface area contributed by atoms with Crippen LogP contribution in [0.1, 0.15) is 16.3 Å². The lowest BCUT2D eigenvalue weighted by atomic mass is 10.2. The summed E-state index contributed by atoms with van der Waals surface area (Å²) in [5, 5.41) is 7.14. The standard InChI is InChI=1S/C15H10Cl2N2O3/c1-8-7-13(19-22-8)18-15(20)12-6-5-11(21-12)14-9(16)3-2-4-10(14)17/h2-7H,1H3,(H,18,19,20). The highest BCUT2D eigenvalue weighted by molar-refractivity contribution is 6.39. The average Bonchev–Trinajstić information content (AvgIpc) is 3.08. The molecule has 3 rings (SSSR count). The van der Waals surface area contributed by atoms with Crippen molar-refractivity contribution in [1.29, 1.82) is 0 Å². The van der Waals surface area contributed by atoms with Crippen LogP contribution in [0.4, 0.5) is 5.82 Å². The van der Waals surface area contributed by atoms with Gasteiger partial charge in [0.05, 0.1) is 15.6 Å². The molecule has 0 aliphatic heterocycles. The van der Waals surface area contributed by atoms with Crippen LogP contribution >= 0.6 is 23.2 Å². The van der Waals surface area contributed by atoms with Crippen LogP contribution in [0, 0.1) is 6.92 Å². The largest absolute Gasteiger partial charge is 0.451 e. The number of aryl methyl sites for hydroxylation is 1. The molecule has 2 aromatic heterocycles. The topological polar surface area (TPSA) is 68.3 Å². The van der Waals surface area contributed by atoms with Crippen molar-refractivity contribution in [3.63, 3.8) is 0 Å². The summed E-state index contributed by atoms with van der Waals surface area (Å²) in [5.41, 5.74) is 0.544. The van der Waals surface area contributed by atoms with E-state index >= 15 is 0 Å². The van der Waals surface area contributed by atoms with Gasteiger partial charge in [0.25, 0.3) is 5.91 Å². The summed E-state index contributed by atoms with van der Waals surface area (Å²) in [6, 6.07) is 9.91. The molecule has 1 N–H and O–H groups in total. The number of hydrogen-bond donors (Lipinski definition) is 1. The van der Waals surface area contributed by atoms with Gasteiger partial charge in [-0.25, -0.2) is 0 Å². The summed E-state index contributed by atoms with van der Waals surface area (Å²) in [5.74, 6) is 1.00. The van der Waals surface area contributed by atoms with Crippen LogP contribution in [-0.4, -0.2) is 11.1 Å². The first kappa shape index (κ1) is 14.7. The molecule has 0 atom stereocenters. The highest BCUT2D eigenvalue weighted by Crippen LogP contribution is 2.35. The second-order valence-electron chi connectivity index (χ2n) is 4.54. The number of amides is 1. The summed E-state index contributed by atoms with van der Waals surface area (Å²) in [6.45, 7) is 1.73. The molecule has 1 aromatic carbocycles. The van der Waals surface area contributed by atoms with Crippen molar-refractivity contribution >= 4 is 34.9 Å². The first-order valence-electron chi connectivity index (χ1n) is 6.33. The van der Waals surface area contributed by atoms with Gasteiger partial charge in [0.15, 0.2) is 11.6 Å². The minimum absolute atomic E-state index is 0.117. The maximum absolute atomic E-state index is 12.1. The molecule has 5 nitrogen and oxygen atoms in total. The molecule has 0 bridgehead atoms. The van der Waals surface area contributed by atoms with Crippen molar-refractivity contribution < 1.29 is 13.7 Å². The third-order valence-electron chi connectivity index (χ3n) is 2.91. The van der Waals surface area contributed by atoms with Gasteiger partial charge in [-0.15, -0.1) is 0 Å². The quantitative estimate of drug-likeness (QED) is 0.745. The second kappa shape index (κ2) is 5.87. The minimum atomic E-state index is -0.442. The van der Waals surface area contributed by atoms with Gasteiger partial charge in [-0.2, -0.15) is 0 Å². The highest BCUT2D eigenvalue weighted by atomic mass is 35.5. The molecular weight excluding hydrogens is 327 g/mol. The van der Waals surface area contributed by atoms with E-state index in [2.05, 4.69) is 10.5 Å². The molecular formula is C15H10Cl2N2O3. The normalized spacial score (nSPS) is 10.7. The zero-order valence-corrected chi connectivity index (χ0v) is 12.9. The van der Waals surface area contributed by atoms with E-state index in [-0.39, 0.29) is 5.76 Å². The third kappa shape index (κ3) is 2.86. The second-order valence-corrected chi connectivity index (χ2v) is 5.35. The smallest absolute Gasteiger partial charge is 0.292 e. The summed E-state index contributed by atoms with van der Waals surface area (Å²) < 4.78 is 10.4. The molecule has 0 spiro atoms. The molecule has 0 unspecified atom stereocenters. The molecule has 0 saturated heterocycles. The van der Waals surface area contributed by atoms with Crippen LogP contribution < -0.4 is 5.32 Å². The predicted molar refractivity (Wildman–Crippen MR) is 83.4 cm³/mol. The fourth-order valence-electron chi connectivity index (χ4n) is 1.93. The van der Waals surface area contributed by atoms with E-state index in [1.165, 1.54) is 6.07 Å². The van der Waals surface area contributed by atoms with Crippen LogP contribution in [0.25, 0.3) is 11.3 Å². The zero-order valence-electron chi connectivity index (χ0n) is 11.4. The summed E-state index contributed by atoms with van der Waals surface area (Å²) in [6.07, 6.45) is 0. The third-order valence-corrected chi connectivity index (χ3v) is 3.54. The Kier molecular flexibility index (Phi) is 3.92. The van der Waals surface area contributed by atoms with Gasteiger partial charge < -0.3 is 14.3 Å². The van der Waals surface area contributed by atoms with Crippen LogP contribution in [0.15, 0.2) is 45.3 Å². The molecule has 112 valence electrons. The van der Waals surface area contributed by atoms with Crippen LogP contribution in [-0.2, 0) is 0 Å². The molecule has 0 fully saturated rings. The number of carbonyl (C=O) groups is 1. The molecule has 2 heterocycles. The number of hydrogen-bond acceptors (Lipinski definition) is 4. The Morgan fingerprint density at radius 3 is 2.55 bits per heavy atom. The Balaban J connectivity index is 1.86. The van der Waals surface area contributed by atoms with E-state index in [0.717, 1.165) is 0 Å². The maximum Gasteiger partial charge on any atom is 0.292 e. The number of nitrogens with zero attached hydrogens (tertiary/aromatic N) is 1. The number of nitrogens with one attached hydrogen (secondary N) is 1. The molecule has 3 aromatic rings. The molecule has 22 heavy (non-hydrogen) atoms. The first-order chi connectivity index (χ1) is 10.5. The number of carbonyl (C=O) groups excluding carboxylic acids is 1. The van der Waals surface area contributed by atoms with Crippen molar-refractivity contribution in [2.75, 3.05) is 5.32 Å². The van der Waals surface area contributed by atoms with Gasteiger partial charge in [-0.05, 0) is 31.2 Å². The zero-order chi connectivity index (χ0) is 15.7. The van der Waals surface area contributed by atoms with E-state index in [0.29, 0.717) is 32.9 Å². The lowest BCUT2D eigenvalue weighted by molar-refractivity contribution is 0.0996. The Morgan fingerprint density at radius 1 is 1.18 bits per heavy atom. The molecule has 1 amide bonds. The SMILES string of the molecule is Cc1cc(NC(=O)c2ccc(-c3c(Cl)cccc3Cl)o2)no1. The Morgan fingerprint density at radius 2 is 1.91 bits per heavy atom. The van der Waals surface area contributed by atoms with Crippen molar-refractivity contribution in [2.24, 2.45) is 0 Å². The highest BCUT2D eigenvalue weighted by Gasteiger charge is 2.17. The summed E-state index contributed by atoms with van der Waals surface area (Å²) >= 11 is 12.2. The Hall–Kier alpha value is -2.24. The predicted octanol–water partition coefficient (Wildman–Crippen LogP) is 4.80. The number of benzene rings is 1. The van der Waals surface area contributed by atoms with Crippen molar-refractivity contribution in [1.82, 2.24) is 5.16 Å². The molecule has 0 aliphatic carbocycles. The first-order valence-corrected chi connectivity index (χ1v) is 7.09. The van der Waals surface area contributed by atoms with Crippen LogP contribution in [0.3, 0.4) is 0 Å². The average molecular weight is 337 g/mol. The van der Waals surface area contributed by atoms with E-state index in [9.17, 15) is 4.79 Å². The fourth-order valence-corrected chi connectivity index (χ4v) is 2.51. The Bertz CT molecular complexity index is 819. The van der Waals surface area contributed by atoms with Crippen LogP contribution in [0.2, 0.25) is 10.0 Å². The fraction of sp³-hybridized carbons (Fsp3) is 0.0667. The minimum Gasteiger partial charge on any atom is -0.451 e. The number of furan rings is 1. The monoisotopic (exact) mass is 336 g/mol.